The number of carbonyl (C=O) groups is 1. The molecule has 0 atom stereocenters. The Hall–Kier alpha value is -4.18. The molecule has 34 heavy (non-hydrogen) atoms. The number of pyridine rings is 1. The van der Waals surface area contributed by atoms with Crippen LogP contribution in [0.3, 0.4) is 0 Å². The van der Waals surface area contributed by atoms with Crippen LogP contribution in [0.2, 0.25) is 0 Å². The van der Waals surface area contributed by atoms with Crippen molar-refractivity contribution in [1.82, 2.24) is 34.6 Å². The van der Waals surface area contributed by atoms with Crippen LogP contribution in [-0.2, 0) is 17.9 Å². The second-order valence-electron chi connectivity index (χ2n) is 7.38. The highest BCUT2D eigenvalue weighted by Gasteiger charge is 2.18. The number of rotatable bonds is 9. The number of hydrogen-bond acceptors (Lipinski definition) is 7. The average molecular weight is 472 g/mol. The van der Waals surface area contributed by atoms with Crippen molar-refractivity contribution in [2.45, 2.75) is 18.2 Å². The number of thioether (sulfide) groups is 1. The molecule has 5 rings (SSSR count). The Kier molecular flexibility index (Phi) is 6.48. The molecule has 5 aromatic rings. The summed E-state index contributed by atoms with van der Waals surface area (Å²) in [4.78, 5) is 21.1. The maximum Gasteiger partial charge on any atom is 0.230 e. The van der Waals surface area contributed by atoms with Gasteiger partial charge in [-0.1, -0.05) is 48.2 Å². The van der Waals surface area contributed by atoms with E-state index >= 15 is 0 Å². The summed E-state index contributed by atoms with van der Waals surface area (Å²) in [6, 6.07) is 17.5. The van der Waals surface area contributed by atoms with Gasteiger partial charge in [0, 0.05) is 30.7 Å². The van der Waals surface area contributed by atoms with Crippen LogP contribution in [0.1, 0.15) is 11.1 Å². The van der Waals surface area contributed by atoms with Gasteiger partial charge in [-0.05, 0) is 23.8 Å². The Bertz CT molecular complexity index is 1350. The molecule has 170 valence electrons. The van der Waals surface area contributed by atoms with Crippen molar-refractivity contribution in [3.05, 3.63) is 96.9 Å². The number of furan rings is 1. The first kappa shape index (κ1) is 21.7. The van der Waals surface area contributed by atoms with E-state index < -0.39 is 0 Å². The van der Waals surface area contributed by atoms with Crippen LogP contribution < -0.4 is 5.32 Å². The SMILES string of the molecule is O=C(CSc1nnc(-c2ccco2)n1Cc1ccccc1)NCc1cccnc1-n1ccnc1. The van der Waals surface area contributed by atoms with E-state index in [1.165, 1.54) is 11.8 Å². The molecular weight excluding hydrogens is 450 g/mol. The summed E-state index contributed by atoms with van der Waals surface area (Å²) in [5.74, 6) is 2.07. The zero-order chi connectivity index (χ0) is 23.2. The number of carbonyl (C=O) groups excluding carboxylic acids is 1. The van der Waals surface area contributed by atoms with E-state index in [9.17, 15) is 4.79 Å². The summed E-state index contributed by atoms with van der Waals surface area (Å²) in [6.07, 6.45) is 8.51. The van der Waals surface area contributed by atoms with Crippen LogP contribution in [0, 0.1) is 0 Å². The van der Waals surface area contributed by atoms with E-state index in [1.54, 1.807) is 25.0 Å². The van der Waals surface area contributed by atoms with Gasteiger partial charge in [-0.15, -0.1) is 10.2 Å². The summed E-state index contributed by atoms with van der Waals surface area (Å²) in [5.41, 5.74) is 2.00. The van der Waals surface area contributed by atoms with Gasteiger partial charge in [-0.2, -0.15) is 0 Å². The Labute approximate surface area is 199 Å². The van der Waals surface area contributed by atoms with Crippen molar-refractivity contribution >= 4 is 17.7 Å². The fourth-order valence-electron chi connectivity index (χ4n) is 3.45. The number of hydrogen-bond donors (Lipinski definition) is 1. The molecule has 0 saturated heterocycles. The maximum absolute atomic E-state index is 12.6. The molecule has 0 radical (unpaired) electrons. The lowest BCUT2D eigenvalue weighted by Crippen LogP contribution is -2.25. The fraction of sp³-hybridized carbons (Fsp3) is 0.125. The predicted molar refractivity (Wildman–Crippen MR) is 127 cm³/mol. The predicted octanol–water partition coefficient (Wildman–Crippen LogP) is 3.58. The first-order valence-corrected chi connectivity index (χ1v) is 11.6. The Morgan fingerprint density at radius 1 is 1.03 bits per heavy atom. The standard InChI is InChI=1S/C24H21N7O2S/c32-21(27-14-19-8-4-10-26-22(19)30-12-11-25-17-30)16-34-24-29-28-23(20-9-5-13-33-20)31(24)15-18-6-2-1-3-7-18/h1-13,17H,14-16H2,(H,27,32). The molecule has 4 heterocycles. The van der Waals surface area contributed by atoms with E-state index in [1.807, 2.05) is 69.9 Å². The summed E-state index contributed by atoms with van der Waals surface area (Å²) in [5, 5.41) is 12.2. The largest absolute Gasteiger partial charge is 0.461 e. The van der Waals surface area contributed by atoms with E-state index in [-0.39, 0.29) is 11.7 Å². The number of imidazole rings is 1. The molecule has 0 aliphatic rings. The van der Waals surface area contributed by atoms with Crippen molar-refractivity contribution in [3.63, 3.8) is 0 Å². The van der Waals surface area contributed by atoms with Gasteiger partial charge in [0.1, 0.15) is 12.1 Å². The van der Waals surface area contributed by atoms with Gasteiger partial charge in [0.25, 0.3) is 0 Å². The number of benzene rings is 1. The lowest BCUT2D eigenvalue weighted by Gasteiger charge is -2.11. The first-order chi connectivity index (χ1) is 16.8. The molecule has 0 aliphatic heterocycles. The molecule has 0 unspecified atom stereocenters. The molecule has 1 N–H and O–H groups in total. The maximum atomic E-state index is 12.6. The second-order valence-corrected chi connectivity index (χ2v) is 8.32. The van der Waals surface area contributed by atoms with E-state index in [0.717, 1.165) is 16.9 Å². The minimum absolute atomic E-state index is 0.112. The van der Waals surface area contributed by atoms with Crippen molar-refractivity contribution < 1.29 is 9.21 Å². The molecule has 10 heteroatoms. The molecule has 1 amide bonds. The highest BCUT2D eigenvalue weighted by atomic mass is 32.2. The molecule has 1 aromatic carbocycles. The molecule has 0 bridgehead atoms. The van der Waals surface area contributed by atoms with Crippen LogP contribution in [0.15, 0.2) is 95.4 Å². The van der Waals surface area contributed by atoms with Crippen molar-refractivity contribution in [1.29, 1.82) is 0 Å². The van der Waals surface area contributed by atoms with Crippen molar-refractivity contribution in [2.24, 2.45) is 0 Å². The highest BCUT2D eigenvalue weighted by molar-refractivity contribution is 7.99. The van der Waals surface area contributed by atoms with Gasteiger partial charge in [-0.3, -0.25) is 13.9 Å². The summed E-state index contributed by atoms with van der Waals surface area (Å²) < 4.78 is 9.32. The Morgan fingerprint density at radius 3 is 2.74 bits per heavy atom. The van der Waals surface area contributed by atoms with E-state index in [4.69, 9.17) is 4.42 Å². The lowest BCUT2D eigenvalue weighted by atomic mass is 10.2. The number of nitrogens with zero attached hydrogens (tertiary/aromatic N) is 6. The lowest BCUT2D eigenvalue weighted by molar-refractivity contribution is -0.118. The molecule has 0 saturated carbocycles. The van der Waals surface area contributed by atoms with Gasteiger partial charge in [0.15, 0.2) is 10.9 Å². The Morgan fingerprint density at radius 2 is 1.94 bits per heavy atom. The third kappa shape index (κ3) is 4.91. The normalized spacial score (nSPS) is 10.9. The zero-order valence-corrected chi connectivity index (χ0v) is 18.9. The molecular formula is C24H21N7O2S. The van der Waals surface area contributed by atoms with Gasteiger partial charge >= 0.3 is 0 Å². The third-order valence-corrected chi connectivity index (χ3v) is 6.03. The first-order valence-electron chi connectivity index (χ1n) is 10.6. The molecule has 0 fully saturated rings. The highest BCUT2D eigenvalue weighted by Crippen LogP contribution is 2.25. The summed E-state index contributed by atoms with van der Waals surface area (Å²) in [7, 11) is 0. The summed E-state index contributed by atoms with van der Waals surface area (Å²) >= 11 is 1.33. The average Bonchev–Trinajstić information content (AvgIpc) is 3.65. The fourth-order valence-corrected chi connectivity index (χ4v) is 4.22. The second kappa shape index (κ2) is 10.2. The Balaban J connectivity index is 1.27. The molecule has 4 aromatic heterocycles. The van der Waals surface area contributed by atoms with E-state index in [2.05, 4.69) is 25.5 Å². The number of nitrogens with one attached hydrogen (secondary N) is 1. The molecule has 0 spiro atoms. The minimum atomic E-state index is -0.112. The summed E-state index contributed by atoms with van der Waals surface area (Å²) in [6.45, 7) is 0.923. The van der Waals surface area contributed by atoms with Gasteiger partial charge in [-0.25, -0.2) is 9.97 Å². The van der Waals surface area contributed by atoms with Crippen LogP contribution in [0.5, 0.6) is 0 Å². The molecule has 0 aliphatic carbocycles. The van der Waals surface area contributed by atoms with Crippen molar-refractivity contribution in [2.75, 3.05) is 5.75 Å². The number of amides is 1. The number of aromatic nitrogens is 6. The van der Waals surface area contributed by atoms with Gasteiger partial charge in [0.2, 0.25) is 11.7 Å². The minimum Gasteiger partial charge on any atom is -0.461 e. The van der Waals surface area contributed by atoms with Crippen molar-refractivity contribution in [3.8, 4) is 17.4 Å². The van der Waals surface area contributed by atoms with Gasteiger partial charge in [0.05, 0.1) is 18.6 Å². The quantitative estimate of drug-likeness (QED) is 0.328. The van der Waals surface area contributed by atoms with Crippen LogP contribution >= 0.6 is 11.8 Å². The topological polar surface area (TPSA) is 104 Å². The van der Waals surface area contributed by atoms with Gasteiger partial charge < -0.3 is 9.73 Å². The molecule has 9 nitrogen and oxygen atoms in total. The van der Waals surface area contributed by atoms with Crippen LogP contribution in [0.4, 0.5) is 0 Å². The van der Waals surface area contributed by atoms with Crippen LogP contribution in [-0.4, -0.2) is 41.0 Å². The monoisotopic (exact) mass is 471 g/mol. The third-order valence-electron chi connectivity index (χ3n) is 5.07. The van der Waals surface area contributed by atoms with E-state index in [0.29, 0.717) is 29.8 Å². The zero-order valence-electron chi connectivity index (χ0n) is 18.1. The van der Waals surface area contributed by atoms with Crippen LogP contribution in [0.25, 0.3) is 17.4 Å². The smallest absolute Gasteiger partial charge is 0.230 e.